The Hall–Kier alpha value is -3.10. The highest BCUT2D eigenvalue weighted by Gasteiger charge is 2.33. The van der Waals surface area contributed by atoms with E-state index >= 15 is 0 Å². The van der Waals surface area contributed by atoms with Gasteiger partial charge in [0.1, 0.15) is 5.69 Å². The predicted molar refractivity (Wildman–Crippen MR) is 72.8 cm³/mol. The van der Waals surface area contributed by atoms with Crippen molar-refractivity contribution in [3.8, 4) is 5.69 Å². The third-order valence-electron chi connectivity index (χ3n) is 3.40. The first-order valence-corrected chi connectivity index (χ1v) is 6.49. The quantitative estimate of drug-likeness (QED) is 0.695. The highest BCUT2D eigenvalue weighted by molar-refractivity contribution is 6.09. The van der Waals surface area contributed by atoms with E-state index < -0.39 is 5.95 Å². The number of hydrogen-bond donors (Lipinski definition) is 0. The minimum atomic E-state index is -0.727. The average molecular weight is 299 g/mol. The molecule has 110 valence electrons. The molecule has 0 aliphatic carbocycles. The van der Waals surface area contributed by atoms with Gasteiger partial charge in [-0.1, -0.05) is 0 Å². The van der Waals surface area contributed by atoms with Crippen LogP contribution in [0.3, 0.4) is 0 Å². The molecule has 22 heavy (non-hydrogen) atoms. The zero-order chi connectivity index (χ0) is 15.3. The van der Waals surface area contributed by atoms with Crippen LogP contribution in [0.2, 0.25) is 0 Å². The second-order valence-electron chi connectivity index (χ2n) is 4.90. The first kappa shape index (κ1) is 12.6. The number of halogens is 1. The molecule has 3 aromatic rings. The average Bonchev–Trinajstić information content (AvgIpc) is 3.15. The molecular weight excluding hydrogens is 289 g/mol. The molecule has 0 spiro atoms. The molecule has 0 unspecified atom stereocenters. The van der Waals surface area contributed by atoms with Gasteiger partial charge in [0.25, 0.3) is 5.91 Å². The molecule has 4 heterocycles. The molecule has 0 saturated carbocycles. The smallest absolute Gasteiger partial charge is 0.263 e. The summed E-state index contributed by atoms with van der Waals surface area (Å²) >= 11 is 0. The van der Waals surface area contributed by atoms with E-state index in [4.69, 9.17) is 0 Å². The first-order valence-electron chi connectivity index (χ1n) is 6.49. The monoisotopic (exact) mass is 299 g/mol. The van der Waals surface area contributed by atoms with Gasteiger partial charge >= 0.3 is 0 Å². The van der Waals surface area contributed by atoms with E-state index in [1.54, 1.807) is 35.0 Å². The second-order valence-corrected chi connectivity index (χ2v) is 4.90. The Morgan fingerprint density at radius 2 is 2.09 bits per heavy atom. The number of aryl methyl sites for hydroxylation is 1. The number of anilines is 1. The SMILES string of the molecule is Cn1cc(-n2cc3c(n2)CN(c2cncc(F)n2)C3=O)cn1. The number of fused-ring (bicyclic) bond motifs is 1. The Labute approximate surface area is 123 Å². The van der Waals surface area contributed by atoms with Crippen LogP contribution < -0.4 is 4.90 Å². The van der Waals surface area contributed by atoms with Gasteiger partial charge in [0.15, 0.2) is 5.82 Å². The van der Waals surface area contributed by atoms with Crippen molar-refractivity contribution in [1.82, 2.24) is 29.5 Å². The number of amides is 1. The van der Waals surface area contributed by atoms with E-state index in [0.29, 0.717) is 11.3 Å². The molecule has 8 nitrogen and oxygen atoms in total. The standard InChI is InChI=1S/C13H10FN7O/c1-19-5-8(2-16-19)21-6-9-10(18-21)7-20(13(9)22)12-4-15-3-11(14)17-12/h2-6H,7H2,1H3. The number of hydrogen-bond acceptors (Lipinski definition) is 5. The van der Waals surface area contributed by atoms with Crippen LogP contribution in [0.25, 0.3) is 5.69 Å². The molecule has 0 radical (unpaired) electrons. The molecule has 0 bridgehead atoms. The van der Waals surface area contributed by atoms with Gasteiger partial charge in [-0.25, -0.2) is 4.68 Å². The zero-order valence-electron chi connectivity index (χ0n) is 11.5. The maximum Gasteiger partial charge on any atom is 0.263 e. The minimum absolute atomic E-state index is 0.177. The summed E-state index contributed by atoms with van der Waals surface area (Å²) in [7, 11) is 1.80. The van der Waals surface area contributed by atoms with Gasteiger partial charge in [-0.3, -0.25) is 19.4 Å². The van der Waals surface area contributed by atoms with E-state index in [1.165, 1.54) is 11.1 Å². The van der Waals surface area contributed by atoms with Crippen molar-refractivity contribution in [3.63, 3.8) is 0 Å². The van der Waals surface area contributed by atoms with Crippen molar-refractivity contribution in [3.05, 3.63) is 48.2 Å². The fourth-order valence-corrected chi connectivity index (χ4v) is 2.38. The van der Waals surface area contributed by atoms with Gasteiger partial charge < -0.3 is 0 Å². The lowest BCUT2D eigenvalue weighted by Crippen LogP contribution is -2.25. The summed E-state index contributed by atoms with van der Waals surface area (Å²) in [6, 6.07) is 0. The van der Waals surface area contributed by atoms with Crippen LogP contribution in [0, 0.1) is 5.95 Å². The highest BCUT2D eigenvalue weighted by Crippen LogP contribution is 2.26. The molecule has 3 aromatic heterocycles. The van der Waals surface area contributed by atoms with Crippen molar-refractivity contribution >= 4 is 11.7 Å². The topological polar surface area (TPSA) is 81.7 Å². The lowest BCUT2D eigenvalue weighted by atomic mass is 10.3. The van der Waals surface area contributed by atoms with Crippen LogP contribution in [-0.2, 0) is 13.6 Å². The van der Waals surface area contributed by atoms with Crippen LogP contribution in [0.4, 0.5) is 10.2 Å². The van der Waals surface area contributed by atoms with Crippen molar-refractivity contribution in [2.75, 3.05) is 4.90 Å². The van der Waals surface area contributed by atoms with Crippen molar-refractivity contribution < 1.29 is 9.18 Å². The van der Waals surface area contributed by atoms with E-state index in [-0.39, 0.29) is 18.3 Å². The molecule has 4 rings (SSSR count). The van der Waals surface area contributed by atoms with Crippen molar-refractivity contribution in [2.45, 2.75) is 6.54 Å². The van der Waals surface area contributed by atoms with Crippen LogP contribution in [-0.4, -0.2) is 35.4 Å². The molecule has 0 fully saturated rings. The largest absolute Gasteiger partial charge is 0.285 e. The summed E-state index contributed by atoms with van der Waals surface area (Å²) in [5, 5.41) is 8.45. The maximum absolute atomic E-state index is 13.1. The van der Waals surface area contributed by atoms with Gasteiger partial charge in [-0.15, -0.1) is 0 Å². The molecule has 0 aromatic carbocycles. The van der Waals surface area contributed by atoms with Gasteiger partial charge in [0, 0.05) is 13.2 Å². The molecule has 0 atom stereocenters. The summed E-state index contributed by atoms with van der Waals surface area (Å²) in [6.07, 6.45) is 7.43. The summed E-state index contributed by atoms with van der Waals surface area (Å²) in [5.74, 6) is -0.823. The van der Waals surface area contributed by atoms with E-state index in [1.807, 2.05) is 0 Å². The van der Waals surface area contributed by atoms with Gasteiger partial charge in [-0.2, -0.15) is 19.6 Å². The first-order chi connectivity index (χ1) is 10.6. The van der Waals surface area contributed by atoms with Gasteiger partial charge in [0.05, 0.1) is 42.6 Å². The summed E-state index contributed by atoms with van der Waals surface area (Å²) in [5.41, 5.74) is 1.84. The van der Waals surface area contributed by atoms with E-state index in [0.717, 1.165) is 11.9 Å². The normalized spacial score (nSPS) is 13.7. The minimum Gasteiger partial charge on any atom is -0.285 e. The van der Waals surface area contributed by atoms with Gasteiger partial charge in [0.2, 0.25) is 5.95 Å². The van der Waals surface area contributed by atoms with Crippen molar-refractivity contribution in [2.24, 2.45) is 7.05 Å². The highest BCUT2D eigenvalue weighted by atomic mass is 19.1. The molecule has 9 heteroatoms. The number of aromatic nitrogens is 6. The number of carbonyl (C=O) groups is 1. The van der Waals surface area contributed by atoms with Crippen molar-refractivity contribution in [1.29, 1.82) is 0 Å². The van der Waals surface area contributed by atoms with Crippen LogP contribution >= 0.6 is 0 Å². The van der Waals surface area contributed by atoms with E-state index in [9.17, 15) is 9.18 Å². The number of carbonyl (C=O) groups excluding carboxylic acids is 1. The molecular formula is C13H10FN7O. The number of rotatable bonds is 2. The molecule has 1 amide bonds. The Kier molecular flexibility index (Phi) is 2.55. The second kappa shape index (κ2) is 4.45. The predicted octanol–water partition coefficient (Wildman–Crippen LogP) is 0.695. The summed E-state index contributed by atoms with van der Waals surface area (Å²) in [4.78, 5) is 21.2. The van der Waals surface area contributed by atoms with Crippen LogP contribution in [0.15, 0.2) is 31.0 Å². The lowest BCUT2D eigenvalue weighted by Gasteiger charge is -2.13. The Bertz CT molecular complexity index is 884. The van der Waals surface area contributed by atoms with Gasteiger partial charge in [-0.05, 0) is 0 Å². The third-order valence-corrected chi connectivity index (χ3v) is 3.40. The molecule has 1 aliphatic heterocycles. The lowest BCUT2D eigenvalue weighted by molar-refractivity contribution is 0.0995. The van der Waals surface area contributed by atoms with Crippen LogP contribution in [0.5, 0.6) is 0 Å². The Morgan fingerprint density at radius 3 is 2.77 bits per heavy atom. The fraction of sp³-hybridized carbons (Fsp3) is 0.154. The maximum atomic E-state index is 13.1. The van der Waals surface area contributed by atoms with Crippen LogP contribution in [0.1, 0.15) is 16.1 Å². The van der Waals surface area contributed by atoms with E-state index in [2.05, 4.69) is 20.2 Å². The fourth-order valence-electron chi connectivity index (χ4n) is 2.38. The molecule has 0 N–H and O–H groups in total. The summed E-state index contributed by atoms with van der Waals surface area (Å²) in [6.45, 7) is 0.236. The Morgan fingerprint density at radius 1 is 1.23 bits per heavy atom. The molecule has 1 aliphatic rings. The molecule has 0 saturated heterocycles. The zero-order valence-corrected chi connectivity index (χ0v) is 11.5. The summed E-state index contributed by atoms with van der Waals surface area (Å²) < 4.78 is 16.4. The third kappa shape index (κ3) is 1.86. The Balaban J connectivity index is 1.68. The number of nitrogens with zero attached hydrogens (tertiary/aromatic N) is 7.